The lowest BCUT2D eigenvalue weighted by atomic mass is 10.1. The van der Waals surface area contributed by atoms with Crippen LogP contribution in [0.4, 0.5) is 9.18 Å². The summed E-state index contributed by atoms with van der Waals surface area (Å²) in [7, 11) is 1.50. The van der Waals surface area contributed by atoms with E-state index in [1.165, 1.54) is 24.9 Å². The van der Waals surface area contributed by atoms with E-state index in [2.05, 4.69) is 15.5 Å². The minimum absolute atomic E-state index is 0.0611. The summed E-state index contributed by atoms with van der Waals surface area (Å²) in [6.45, 7) is 4.88. The SMILES string of the molecule is Cc1ccc(-c2noc(C(C)NC(=O)N(C)CC(C)C(=O)O)n2)cc1F. The molecule has 2 amide bonds. The molecule has 2 rings (SSSR count). The summed E-state index contributed by atoms with van der Waals surface area (Å²) in [4.78, 5) is 28.4. The van der Waals surface area contributed by atoms with Crippen molar-refractivity contribution in [3.05, 3.63) is 35.5 Å². The van der Waals surface area contributed by atoms with Gasteiger partial charge in [-0.05, 0) is 25.5 Å². The number of carboxylic acids is 1. The summed E-state index contributed by atoms with van der Waals surface area (Å²) >= 11 is 0. The molecule has 0 bridgehead atoms. The topological polar surface area (TPSA) is 109 Å². The van der Waals surface area contributed by atoms with E-state index in [0.717, 1.165) is 0 Å². The summed E-state index contributed by atoms with van der Waals surface area (Å²) in [5, 5.41) is 15.4. The highest BCUT2D eigenvalue weighted by Gasteiger charge is 2.22. The highest BCUT2D eigenvalue weighted by molar-refractivity contribution is 5.76. The summed E-state index contributed by atoms with van der Waals surface area (Å²) in [6, 6.07) is 3.55. The van der Waals surface area contributed by atoms with Crippen molar-refractivity contribution in [3.8, 4) is 11.4 Å². The van der Waals surface area contributed by atoms with E-state index in [9.17, 15) is 14.0 Å². The van der Waals surface area contributed by atoms with Crippen LogP contribution in [0.25, 0.3) is 11.4 Å². The Morgan fingerprint density at radius 2 is 2.08 bits per heavy atom. The van der Waals surface area contributed by atoms with E-state index >= 15 is 0 Å². The number of benzene rings is 1. The summed E-state index contributed by atoms with van der Waals surface area (Å²) in [5.41, 5.74) is 0.978. The quantitative estimate of drug-likeness (QED) is 0.816. The number of halogens is 1. The molecule has 9 heteroatoms. The van der Waals surface area contributed by atoms with E-state index < -0.39 is 24.0 Å². The van der Waals surface area contributed by atoms with Gasteiger partial charge in [0.1, 0.15) is 11.9 Å². The van der Waals surface area contributed by atoms with Crippen LogP contribution < -0.4 is 5.32 Å². The fourth-order valence-corrected chi connectivity index (χ4v) is 2.19. The molecule has 0 saturated carbocycles. The van der Waals surface area contributed by atoms with Crippen molar-refractivity contribution >= 4 is 12.0 Å². The predicted octanol–water partition coefficient (Wildman–Crippen LogP) is 2.61. The molecule has 0 aliphatic rings. The van der Waals surface area contributed by atoms with Gasteiger partial charge in [-0.2, -0.15) is 4.98 Å². The third kappa shape index (κ3) is 4.56. The van der Waals surface area contributed by atoms with Crippen molar-refractivity contribution in [2.45, 2.75) is 26.8 Å². The molecule has 0 aliphatic heterocycles. The van der Waals surface area contributed by atoms with Gasteiger partial charge in [0.15, 0.2) is 0 Å². The van der Waals surface area contributed by atoms with Crippen LogP contribution in [0.15, 0.2) is 22.7 Å². The fraction of sp³-hybridized carbons (Fsp3) is 0.412. The Kier molecular flexibility index (Phi) is 5.91. The zero-order chi connectivity index (χ0) is 19.4. The van der Waals surface area contributed by atoms with Crippen LogP contribution in [-0.2, 0) is 4.79 Å². The molecular weight excluding hydrogens is 343 g/mol. The van der Waals surface area contributed by atoms with Gasteiger partial charge in [0.05, 0.1) is 5.92 Å². The molecule has 0 fully saturated rings. The average molecular weight is 364 g/mol. The summed E-state index contributed by atoms with van der Waals surface area (Å²) in [6.07, 6.45) is 0. The lowest BCUT2D eigenvalue weighted by Gasteiger charge is -2.21. The molecule has 1 aromatic carbocycles. The van der Waals surface area contributed by atoms with E-state index in [1.807, 2.05) is 0 Å². The number of hydrogen-bond acceptors (Lipinski definition) is 5. The standard InChI is InChI=1S/C17H21FN4O4/c1-9-5-6-12(7-13(9)18)14-20-15(26-21-14)11(3)19-17(25)22(4)8-10(2)16(23)24/h5-7,10-11H,8H2,1-4H3,(H,19,25)(H,23,24). The Hall–Kier alpha value is -2.97. The van der Waals surface area contributed by atoms with Gasteiger partial charge in [-0.3, -0.25) is 4.79 Å². The molecule has 2 unspecified atom stereocenters. The second-order valence-corrected chi connectivity index (χ2v) is 6.21. The van der Waals surface area contributed by atoms with Crippen LogP contribution in [0.3, 0.4) is 0 Å². The number of aryl methyl sites for hydroxylation is 1. The first-order valence-electron chi connectivity index (χ1n) is 8.03. The maximum Gasteiger partial charge on any atom is 0.317 e. The molecule has 26 heavy (non-hydrogen) atoms. The number of hydrogen-bond donors (Lipinski definition) is 2. The van der Waals surface area contributed by atoms with Crippen molar-refractivity contribution < 1.29 is 23.6 Å². The number of nitrogens with zero attached hydrogens (tertiary/aromatic N) is 3. The number of carbonyl (C=O) groups is 2. The minimum atomic E-state index is -0.982. The van der Waals surface area contributed by atoms with Crippen LogP contribution >= 0.6 is 0 Å². The van der Waals surface area contributed by atoms with Gasteiger partial charge in [0.2, 0.25) is 11.7 Å². The smallest absolute Gasteiger partial charge is 0.317 e. The fourth-order valence-electron chi connectivity index (χ4n) is 2.19. The van der Waals surface area contributed by atoms with Gasteiger partial charge < -0.3 is 19.8 Å². The zero-order valence-electron chi connectivity index (χ0n) is 15.0. The maximum atomic E-state index is 13.7. The van der Waals surface area contributed by atoms with Crippen LogP contribution in [0.5, 0.6) is 0 Å². The first kappa shape index (κ1) is 19.4. The van der Waals surface area contributed by atoms with Gasteiger partial charge in [-0.1, -0.05) is 24.2 Å². The Morgan fingerprint density at radius 3 is 2.69 bits per heavy atom. The highest BCUT2D eigenvalue weighted by atomic mass is 19.1. The lowest BCUT2D eigenvalue weighted by molar-refractivity contribution is -0.141. The first-order valence-corrected chi connectivity index (χ1v) is 8.03. The number of carboxylic acid groups (broad SMARTS) is 1. The Labute approximate surface area is 150 Å². The number of amides is 2. The number of carbonyl (C=O) groups excluding carboxylic acids is 1. The third-order valence-electron chi connectivity index (χ3n) is 3.90. The van der Waals surface area contributed by atoms with Gasteiger partial charge in [0, 0.05) is 19.2 Å². The molecule has 0 saturated heterocycles. The zero-order valence-corrected chi connectivity index (χ0v) is 15.0. The second kappa shape index (κ2) is 7.94. The minimum Gasteiger partial charge on any atom is -0.481 e. The molecular formula is C17H21FN4O4. The van der Waals surface area contributed by atoms with Crippen LogP contribution in [0, 0.1) is 18.7 Å². The Balaban J connectivity index is 2.03. The van der Waals surface area contributed by atoms with Gasteiger partial charge in [-0.15, -0.1) is 0 Å². The van der Waals surface area contributed by atoms with Crippen molar-refractivity contribution in [1.29, 1.82) is 0 Å². The maximum absolute atomic E-state index is 13.7. The van der Waals surface area contributed by atoms with E-state index in [1.54, 1.807) is 26.0 Å². The number of urea groups is 1. The molecule has 2 N–H and O–H groups in total. The van der Waals surface area contributed by atoms with Crippen LogP contribution in [0.1, 0.15) is 31.3 Å². The highest BCUT2D eigenvalue weighted by Crippen LogP contribution is 2.21. The van der Waals surface area contributed by atoms with Crippen molar-refractivity contribution in [2.75, 3.05) is 13.6 Å². The van der Waals surface area contributed by atoms with E-state index in [0.29, 0.717) is 11.1 Å². The third-order valence-corrected chi connectivity index (χ3v) is 3.90. The van der Waals surface area contributed by atoms with Gasteiger partial charge >= 0.3 is 12.0 Å². The number of aliphatic carboxylic acids is 1. The Bertz CT molecular complexity index is 808. The van der Waals surface area contributed by atoms with Crippen molar-refractivity contribution in [1.82, 2.24) is 20.4 Å². The lowest BCUT2D eigenvalue weighted by Crippen LogP contribution is -2.41. The van der Waals surface area contributed by atoms with Crippen LogP contribution in [0.2, 0.25) is 0 Å². The molecule has 2 atom stereocenters. The number of aromatic nitrogens is 2. The van der Waals surface area contributed by atoms with Gasteiger partial charge in [-0.25, -0.2) is 9.18 Å². The van der Waals surface area contributed by atoms with E-state index in [-0.39, 0.29) is 24.1 Å². The monoisotopic (exact) mass is 364 g/mol. The molecule has 1 heterocycles. The molecule has 1 aromatic heterocycles. The predicted molar refractivity (Wildman–Crippen MR) is 90.8 cm³/mol. The molecule has 0 radical (unpaired) electrons. The average Bonchev–Trinajstić information content (AvgIpc) is 3.07. The van der Waals surface area contributed by atoms with Gasteiger partial charge in [0.25, 0.3) is 0 Å². The van der Waals surface area contributed by atoms with E-state index in [4.69, 9.17) is 9.63 Å². The van der Waals surface area contributed by atoms with Crippen LogP contribution in [-0.4, -0.2) is 45.7 Å². The summed E-state index contributed by atoms with van der Waals surface area (Å²) in [5.74, 6) is -1.66. The molecule has 0 spiro atoms. The molecule has 140 valence electrons. The largest absolute Gasteiger partial charge is 0.481 e. The first-order chi connectivity index (χ1) is 12.2. The number of rotatable bonds is 6. The number of nitrogens with one attached hydrogen (secondary N) is 1. The molecule has 0 aliphatic carbocycles. The summed E-state index contributed by atoms with van der Waals surface area (Å²) < 4.78 is 18.8. The molecule has 8 nitrogen and oxygen atoms in total. The molecule has 2 aromatic rings. The second-order valence-electron chi connectivity index (χ2n) is 6.21. The Morgan fingerprint density at radius 1 is 1.38 bits per heavy atom. The van der Waals surface area contributed by atoms with Crippen molar-refractivity contribution in [3.63, 3.8) is 0 Å². The normalized spacial score (nSPS) is 13.1. The van der Waals surface area contributed by atoms with Crippen molar-refractivity contribution in [2.24, 2.45) is 5.92 Å².